The lowest BCUT2D eigenvalue weighted by atomic mass is 9.93. The molecule has 1 aliphatic rings. The van der Waals surface area contributed by atoms with Crippen molar-refractivity contribution >= 4 is 28.3 Å². The van der Waals surface area contributed by atoms with E-state index in [1.807, 2.05) is 50.6 Å². The largest absolute Gasteiger partial charge is 0.497 e. The van der Waals surface area contributed by atoms with E-state index in [1.165, 1.54) is 11.4 Å². The van der Waals surface area contributed by atoms with Crippen LogP contribution >= 0.6 is 0 Å². The van der Waals surface area contributed by atoms with Crippen molar-refractivity contribution in [1.29, 1.82) is 0 Å². The van der Waals surface area contributed by atoms with Crippen LogP contribution in [0, 0.1) is 13.8 Å². The first kappa shape index (κ1) is 26.9. The number of nitrogens with one attached hydrogen (secondary N) is 1. The molecular weight excluding hydrogens is 486 g/mol. The van der Waals surface area contributed by atoms with Gasteiger partial charge in [0, 0.05) is 69.3 Å². The molecule has 0 spiro atoms. The molecule has 198 valence electrons. The second kappa shape index (κ2) is 11.9. The molecule has 4 rings (SSSR count). The molecule has 0 aliphatic carbocycles. The van der Waals surface area contributed by atoms with E-state index in [4.69, 9.17) is 4.74 Å². The average Bonchev–Trinajstić information content (AvgIpc) is 3.33. The number of aromatic nitrogens is 2. The van der Waals surface area contributed by atoms with E-state index in [9.17, 15) is 9.00 Å². The molecule has 1 aliphatic heterocycles. The lowest BCUT2D eigenvalue weighted by Crippen LogP contribution is -2.33. The van der Waals surface area contributed by atoms with Gasteiger partial charge >= 0.3 is 0 Å². The number of imidazole rings is 1. The highest BCUT2D eigenvalue weighted by Gasteiger charge is 2.23. The molecule has 1 atom stereocenters. The highest BCUT2D eigenvalue weighted by Crippen LogP contribution is 2.30. The summed E-state index contributed by atoms with van der Waals surface area (Å²) in [5.41, 5.74) is 5.06. The Bertz CT molecular complexity index is 1230. The third-order valence-electron chi connectivity index (χ3n) is 7.06. The summed E-state index contributed by atoms with van der Waals surface area (Å²) < 4.78 is 22.2. The van der Waals surface area contributed by atoms with Crippen LogP contribution in [0.5, 0.6) is 5.75 Å². The summed E-state index contributed by atoms with van der Waals surface area (Å²) in [7, 11) is 4.10. The van der Waals surface area contributed by atoms with Gasteiger partial charge in [0.2, 0.25) is 5.91 Å². The van der Waals surface area contributed by atoms with Crippen molar-refractivity contribution in [3.8, 4) is 5.75 Å². The van der Waals surface area contributed by atoms with Crippen molar-refractivity contribution in [2.75, 3.05) is 44.0 Å². The Morgan fingerprint density at radius 3 is 2.38 bits per heavy atom. The quantitative estimate of drug-likeness (QED) is 0.449. The summed E-state index contributed by atoms with van der Waals surface area (Å²) in [6, 6.07) is 11.8. The van der Waals surface area contributed by atoms with Gasteiger partial charge in [-0.2, -0.15) is 0 Å². The molecule has 1 N–H and O–H groups in total. The van der Waals surface area contributed by atoms with Crippen molar-refractivity contribution in [2.45, 2.75) is 43.9 Å². The number of hydrogen-bond donors (Lipinski definition) is 1. The van der Waals surface area contributed by atoms with Gasteiger partial charge in [0.25, 0.3) is 0 Å². The van der Waals surface area contributed by atoms with Gasteiger partial charge in [0.05, 0.1) is 18.3 Å². The second-order valence-electron chi connectivity index (χ2n) is 9.73. The summed E-state index contributed by atoms with van der Waals surface area (Å²) in [6.45, 7) is 6.23. The number of carbonyl (C=O) groups is 1. The summed E-state index contributed by atoms with van der Waals surface area (Å²) in [4.78, 5) is 20.0. The highest BCUT2D eigenvalue weighted by molar-refractivity contribution is 7.82. The molecule has 0 saturated carbocycles. The molecule has 37 heavy (non-hydrogen) atoms. The molecule has 1 unspecified atom stereocenters. The number of amides is 1. The first-order chi connectivity index (χ1) is 17.8. The van der Waals surface area contributed by atoms with E-state index < -0.39 is 11.0 Å². The van der Waals surface area contributed by atoms with Crippen LogP contribution < -0.4 is 15.0 Å². The molecule has 1 amide bonds. The molecule has 8 nitrogen and oxygen atoms in total. The summed E-state index contributed by atoms with van der Waals surface area (Å²) in [5, 5.41) is 2.97. The van der Waals surface area contributed by atoms with Crippen LogP contribution in [0.15, 0.2) is 53.8 Å². The lowest BCUT2D eigenvalue weighted by molar-refractivity contribution is -0.116. The Hall–Kier alpha value is -3.17. The third-order valence-corrected chi connectivity index (χ3v) is 8.81. The zero-order chi connectivity index (χ0) is 26.5. The Morgan fingerprint density at radius 2 is 1.81 bits per heavy atom. The molecule has 3 aromatic rings. The highest BCUT2D eigenvalue weighted by atomic mass is 32.2. The number of hydrogen-bond acceptors (Lipinski definition) is 5. The number of nitrogens with zero attached hydrogens (tertiary/aromatic N) is 4. The predicted octanol–water partition coefficient (Wildman–Crippen LogP) is 4.41. The van der Waals surface area contributed by atoms with Gasteiger partial charge in [0.1, 0.15) is 16.7 Å². The Labute approximate surface area is 222 Å². The van der Waals surface area contributed by atoms with E-state index in [1.54, 1.807) is 18.5 Å². The predicted molar refractivity (Wildman–Crippen MR) is 149 cm³/mol. The fourth-order valence-electron chi connectivity index (χ4n) is 4.97. The molecular formula is C28H37N5O3S. The first-order valence-corrected chi connectivity index (χ1v) is 13.8. The normalized spacial score (nSPS) is 15.1. The Kier molecular flexibility index (Phi) is 8.66. The Morgan fingerprint density at radius 1 is 1.16 bits per heavy atom. The summed E-state index contributed by atoms with van der Waals surface area (Å²) in [6.07, 6.45) is 6.30. The maximum absolute atomic E-state index is 13.1. The molecule has 0 radical (unpaired) electrons. The third kappa shape index (κ3) is 6.40. The average molecular weight is 524 g/mol. The SMILES string of the molecule is COc1cc(C)c(S(=O)N(C)CCC(=O)Nc2ccc(N3CCC(c4cncn4C)CC3)cc2)c(C)c1. The zero-order valence-electron chi connectivity index (χ0n) is 22.4. The monoisotopic (exact) mass is 523 g/mol. The minimum atomic E-state index is -1.36. The molecule has 2 heterocycles. The second-order valence-corrected chi connectivity index (χ2v) is 11.3. The van der Waals surface area contributed by atoms with Crippen molar-refractivity contribution in [1.82, 2.24) is 13.9 Å². The lowest BCUT2D eigenvalue weighted by Gasteiger charge is -2.33. The van der Waals surface area contributed by atoms with Crippen LogP contribution in [0.25, 0.3) is 0 Å². The number of carbonyl (C=O) groups excluding carboxylic acids is 1. The zero-order valence-corrected chi connectivity index (χ0v) is 23.2. The van der Waals surface area contributed by atoms with E-state index in [2.05, 4.69) is 38.9 Å². The van der Waals surface area contributed by atoms with Gasteiger partial charge in [-0.15, -0.1) is 0 Å². The molecule has 1 saturated heterocycles. The van der Waals surface area contributed by atoms with Gasteiger partial charge in [-0.1, -0.05) is 0 Å². The standard InChI is InChI=1S/C28H37N5O3S/c1-20-16-25(36-5)17-21(2)28(20)37(35)32(4)13-12-27(34)30-23-6-8-24(9-7-23)33-14-10-22(11-15-33)26-18-29-19-31(26)3/h6-9,16-19,22H,10-15H2,1-5H3,(H,30,34). The minimum absolute atomic E-state index is 0.100. The van der Waals surface area contributed by atoms with Crippen molar-refractivity contribution in [2.24, 2.45) is 7.05 Å². The van der Waals surface area contributed by atoms with Gasteiger partial charge < -0.3 is 19.5 Å². The number of piperidine rings is 1. The molecule has 1 fully saturated rings. The topological polar surface area (TPSA) is 79.7 Å². The smallest absolute Gasteiger partial charge is 0.225 e. The van der Waals surface area contributed by atoms with E-state index in [0.717, 1.165) is 53.4 Å². The molecule has 9 heteroatoms. The van der Waals surface area contributed by atoms with Crippen LogP contribution in [-0.4, -0.2) is 57.8 Å². The Balaban J connectivity index is 1.26. The van der Waals surface area contributed by atoms with E-state index >= 15 is 0 Å². The van der Waals surface area contributed by atoms with Gasteiger partial charge in [-0.05, 0) is 74.2 Å². The first-order valence-electron chi connectivity index (χ1n) is 12.7. The fourth-order valence-corrected chi connectivity index (χ4v) is 6.21. The van der Waals surface area contributed by atoms with Gasteiger partial charge in [-0.25, -0.2) is 13.5 Å². The number of benzene rings is 2. The van der Waals surface area contributed by atoms with Crippen molar-refractivity contribution < 1.29 is 13.7 Å². The number of anilines is 2. The van der Waals surface area contributed by atoms with Crippen molar-refractivity contribution in [3.63, 3.8) is 0 Å². The number of aryl methyl sites for hydroxylation is 3. The maximum Gasteiger partial charge on any atom is 0.225 e. The molecule has 2 aromatic carbocycles. The summed E-state index contributed by atoms with van der Waals surface area (Å²) in [5.74, 6) is 1.20. The molecule has 0 bridgehead atoms. The minimum Gasteiger partial charge on any atom is -0.497 e. The van der Waals surface area contributed by atoms with Crippen molar-refractivity contribution in [3.05, 3.63) is 65.7 Å². The van der Waals surface area contributed by atoms with Crippen LogP contribution in [-0.2, 0) is 22.8 Å². The van der Waals surface area contributed by atoms with E-state index in [-0.39, 0.29) is 12.3 Å². The van der Waals surface area contributed by atoms with Crippen LogP contribution in [0.3, 0.4) is 0 Å². The summed E-state index contributed by atoms with van der Waals surface area (Å²) >= 11 is 0. The molecule has 1 aromatic heterocycles. The van der Waals surface area contributed by atoms with Crippen LogP contribution in [0.2, 0.25) is 0 Å². The van der Waals surface area contributed by atoms with Gasteiger partial charge in [-0.3, -0.25) is 4.79 Å². The fraction of sp³-hybridized carbons (Fsp3) is 0.429. The van der Waals surface area contributed by atoms with E-state index in [0.29, 0.717) is 12.5 Å². The maximum atomic E-state index is 13.1. The number of rotatable bonds is 9. The van der Waals surface area contributed by atoms with Gasteiger partial charge in [0.15, 0.2) is 0 Å². The number of methoxy groups -OCH3 is 1. The van der Waals surface area contributed by atoms with Crippen LogP contribution in [0.4, 0.5) is 11.4 Å². The van der Waals surface area contributed by atoms with Crippen LogP contribution in [0.1, 0.15) is 42.0 Å². The number of ether oxygens (including phenoxy) is 1.